The minimum atomic E-state index is 0. The minimum Gasteiger partial charge on any atom is -0.492 e. The van der Waals surface area contributed by atoms with Crippen molar-refractivity contribution in [2.24, 2.45) is 11.7 Å². The second kappa shape index (κ2) is 12.4. The van der Waals surface area contributed by atoms with Gasteiger partial charge in [-0.05, 0) is 38.9 Å². The first-order valence-corrected chi connectivity index (χ1v) is 8.44. The topological polar surface area (TPSA) is 67.6 Å². The van der Waals surface area contributed by atoms with Gasteiger partial charge in [-0.15, -0.1) is 24.8 Å². The van der Waals surface area contributed by atoms with Crippen molar-refractivity contribution < 1.29 is 9.53 Å². The summed E-state index contributed by atoms with van der Waals surface area (Å²) in [4.78, 5) is 14.2. The van der Waals surface area contributed by atoms with Crippen molar-refractivity contribution in [3.8, 4) is 5.75 Å². The number of hydrogen-bond donors (Lipinski definition) is 2. The number of hydrogen-bond acceptors (Lipinski definition) is 4. The molecule has 1 aromatic rings. The fourth-order valence-corrected chi connectivity index (χ4v) is 2.95. The number of ether oxygens (including phenoxy) is 1. The first-order valence-electron chi connectivity index (χ1n) is 8.44. The summed E-state index contributed by atoms with van der Waals surface area (Å²) in [5.74, 6) is 1.25. The molecular formula is C18H31Cl2N3O2. The van der Waals surface area contributed by atoms with E-state index in [-0.39, 0.29) is 36.8 Å². The van der Waals surface area contributed by atoms with Crippen LogP contribution in [0.4, 0.5) is 0 Å². The van der Waals surface area contributed by atoms with Gasteiger partial charge in [0.2, 0.25) is 5.91 Å². The molecule has 3 N–H and O–H groups in total. The van der Waals surface area contributed by atoms with Gasteiger partial charge in [-0.3, -0.25) is 4.79 Å². The molecule has 7 heteroatoms. The van der Waals surface area contributed by atoms with Crippen LogP contribution in [-0.2, 0) is 11.3 Å². The quantitative estimate of drug-likeness (QED) is 0.714. The molecule has 2 atom stereocenters. The third-order valence-electron chi connectivity index (χ3n) is 4.41. The van der Waals surface area contributed by atoms with E-state index in [1.165, 1.54) is 0 Å². The van der Waals surface area contributed by atoms with Crippen molar-refractivity contribution in [2.45, 2.75) is 38.3 Å². The SMILES string of the molecule is CN(C)CCOc1ccccc1CNC(=O)C[C@@H]1CCC[C@H]1N.Cl.Cl. The van der Waals surface area contributed by atoms with Crippen LogP contribution in [0, 0.1) is 5.92 Å². The normalized spacial score (nSPS) is 19.0. The standard InChI is InChI=1S/C18H29N3O2.2ClH/c1-21(2)10-11-23-17-9-4-3-6-15(17)13-20-18(22)12-14-7-5-8-16(14)19;;/h3-4,6,9,14,16H,5,7-8,10-13,19H2,1-2H3,(H,20,22);2*1H/t14-,16+;;/m0../s1. The highest BCUT2D eigenvalue weighted by Gasteiger charge is 2.25. The van der Waals surface area contributed by atoms with Crippen LogP contribution in [0.2, 0.25) is 0 Å². The van der Waals surface area contributed by atoms with Crippen molar-refractivity contribution in [1.82, 2.24) is 10.2 Å². The van der Waals surface area contributed by atoms with Gasteiger partial charge in [0.15, 0.2) is 0 Å². The third-order valence-corrected chi connectivity index (χ3v) is 4.41. The predicted molar refractivity (Wildman–Crippen MR) is 107 cm³/mol. The van der Waals surface area contributed by atoms with Crippen LogP contribution in [0.3, 0.4) is 0 Å². The van der Waals surface area contributed by atoms with Crippen LogP contribution >= 0.6 is 24.8 Å². The number of amides is 1. The van der Waals surface area contributed by atoms with E-state index in [1.807, 2.05) is 38.4 Å². The Labute approximate surface area is 163 Å². The lowest BCUT2D eigenvalue weighted by molar-refractivity contribution is -0.122. The van der Waals surface area contributed by atoms with Gasteiger partial charge < -0.3 is 20.7 Å². The third kappa shape index (κ3) is 8.27. The lowest BCUT2D eigenvalue weighted by atomic mass is 10.00. The highest BCUT2D eigenvalue weighted by molar-refractivity contribution is 5.85. The number of rotatable bonds is 8. The molecule has 0 bridgehead atoms. The zero-order valence-corrected chi connectivity index (χ0v) is 16.7. The molecule has 0 spiro atoms. The molecule has 0 unspecified atom stereocenters. The fraction of sp³-hybridized carbons (Fsp3) is 0.611. The average Bonchev–Trinajstić information content (AvgIpc) is 2.91. The minimum absolute atomic E-state index is 0. The van der Waals surface area contributed by atoms with Crippen molar-refractivity contribution >= 4 is 30.7 Å². The highest BCUT2D eigenvalue weighted by Crippen LogP contribution is 2.26. The van der Waals surface area contributed by atoms with Crippen LogP contribution in [0.5, 0.6) is 5.75 Å². The molecule has 0 aliphatic heterocycles. The van der Waals surface area contributed by atoms with Gasteiger partial charge in [0, 0.05) is 31.1 Å². The number of nitrogens with two attached hydrogens (primary N) is 1. The summed E-state index contributed by atoms with van der Waals surface area (Å²) in [6.07, 6.45) is 3.78. The summed E-state index contributed by atoms with van der Waals surface area (Å²) in [6.45, 7) is 1.99. The molecule has 0 heterocycles. The van der Waals surface area contributed by atoms with E-state index < -0.39 is 0 Å². The monoisotopic (exact) mass is 391 g/mol. The van der Waals surface area contributed by atoms with Crippen LogP contribution < -0.4 is 15.8 Å². The number of carbonyl (C=O) groups is 1. The molecule has 25 heavy (non-hydrogen) atoms. The summed E-state index contributed by atoms with van der Waals surface area (Å²) >= 11 is 0. The van der Waals surface area contributed by atoms with Gasteiger partial charge in [0.1, 0.15) is 12.4 Å². The van der Waals surface area contributed by atoms with E-state index in [2.05, 4.69) is 10.2 Å². The molecule has 0 radical (unpaired) electrons. The van der Waals surface area contributed by atoms with E-state index in [0.717, 1.165) is 37.1 Å². The number of benzene rings is 1. The fourth-order valence-electron chi connectivity index (χ4n) is 2.95. The Balaban J connectivity index is 0.00000288. The molecule has 5 nitrogen and oxygen atoms in total. The van der Waals surface area contributed by atoms with E-state index in [4.69, 9.17) is 10.5 Å². The van der Waals surface area contributed by atoms with Crippen LogP contribution in [0.1, 0.15) is 31.2 Å². The van der Waals surface area contributed by atoms with Crippen molar-refractivity contribution in [3.05, 3.63) is 29.8 Å². The largest absolute Gasteiger partial charge is 0.492 e. The molecule has 1 aliphatic carbocycles. The first kappa shape index (κ1) is 24.0. The van der Waals surface area contributed by atoms with Crippen molar-refractivity contribution in [1.29, 1.82) is 0 Å². The maximum Gasteiger partial charge on any atom is 0.220 e. The maximum absolute atomic E-state index is 12.1. The number of carbonyl (C=O) groups excluding carboxylic acids is 1. The smallest absolute Gasteiger partial charge is 0.220 e. The molecule has 1 aromatic carbocycles. The summed E-state index contributed by atoms with van der Waals surface area (Å²) in [5, 5.41) is 3.00. The Morgan fingerprint density at radius 1 is 1.28 bits per heavy atom. The summed E-state index contributed by atoms with van der Waals surface area (Å²) in [6, 6.07) is 8.04. The molecule has 1 saturated carbocycles. The number of para-hydroxylation sites is 1. The second-order valence-electron chi connectivity index (χ2n) is 6.60. The molecule has 144 valence electrons. The lowest BCUT2D eigenvalue weighted by Crippen LogP contribution is -2.31. The van der Waals surface area contributed by atoms with Crippen LogP contribution in [0.15, 0.2) is 24.3 Å². The Morgan fingerprint density at radius 3 is 2.64 bits per heavy atom. The number of likely N-dealkylation sites (N-methyl/N-ethyl adjacent to an activating group) is 1. The number of halogens is 2. The molecule has 0 aromatic heterocycles. The van der Waals surface area contributed by atoms with E-state index in [1.54, 1.807) is 0 Å². The molecule has 1 fully saturated rings. The molecular weight excluding hydrogens is 361 g/mol. The zero-order valence-electron chi connectivity index (χ0n) is 15.1. The van der Waals surface area contributed by atoms with Gasteiger partial charge in [0.05, 0.1) is 0 Å². The van der Waals surface area contributed by atoms with Crippen molar-refractivity contribution in [2.75, 3.05) is 27.2 Å². The summed E-state index contributed by atoms with van der Waals surface area (Å²) < 4.78 is 5.82. The molecule has 2 rings (SSSR count). The van der Waals surface area contributed by atoms with E-state index in [0.29, 0.717) is 25.5 Å². The van der Waals surface area contributed by atoms with E-state index >= 15 is 0 Å². The van der Waals surface area contributed by atoms with Gasteiger partial charge >= 0.3 is 0 Å². The number of nitrogens with zero attached hydrogens (tertiary/aromatic N) is 1. The van der Waals surface area contributed by atoms with Gasteiger partial charge in [0.25, 0.3) is 0 Å². The number of nitrogens with one attached hydrogen (secondary N) is 1. The Kier molecular flexibility index (Phi) is 11.9. The summed E-state index contributed by atoms with van der Waals surface area (Å²) in [7, 11) is 4.03. The molecule has 1 aliphatic rings. The predicted octanol–water partition coefficient (Wildman–Crippen LogP) is 2.60. The maximum atomic E-state index is 12.1. The molecule has 0 saturated heterocycles. The van der Waals surface area contributed by atoms with Gasteiger partial charge in [-0.2, -0.15) is 0 Å². The average molecular weight is 392 g/mol. The van der Waals surface area contributed by atoms with Crippen molar-refractivity contribution in [3.63, 3.8) is 0 Å². The zero-order chi connectivity index (χ0) is 16.7. The van der Waals surface area contributed by atoms with Crippen LogP contribution in [-0.4, -0.2) is 44.1 Å². The second-order valence-corrected chi connectivity index (χ2v) is 6.60. The Morgan fingerprint density at radius 2 is 2.00 bits per heavy atom. The highest BCUT2D eigenvalue weighted by atomic mass is 35.5. The summed E-state index contributed by atoms with van der Waals surface area (Å²) in [5.41, 5.74) is 7.04. The molecule has 1 amide bonds. The van der Waals surface area contributed by atoms with Crippen LogP contribution in [0.25, 0.3) is 0 Å². The van der Waals surface area contributed by atoms with E-state index in [9.17, 15) is 4.79 Å². The lowest BCUT2D eigenvalue weighted by Gasteiger charge is -2.16. The van der Waals surface area contributed by atoms with Gasteiger partial charge in [-0.25, -0.2) is 0 Å². The van der Waals surface area contributed by atoms with Gasteiger partial charge in [-0.1, -0.05) is 24.6 Å². The Hall–Kier alpha value is -1.01. The Bertz CT molecular complexity index is 515. The first-order chi connectivity index (χ1) is 11.1.